The van der Waals surface area contributed by atoms with Crippen molar-refractivity contribution in [3.63, 3.8) is 0 Å². The maximum atomic E-state index is 12.0. The SMILES string of the molecule is CCOC(=O)CNC(=O)CSc1ncccc1-c1nc2cc(C)c(C)cc2[nH]1. The minimum atomic E-state index is -0.452. The van der Waals surface area contributed by atoms with E-state index in [9.17, 15) is 9.59 Å². The third kappa shape index (κ3) is 4.69. The molecule has 28 heavy (non-hydrogen) atoms. The van der Waals surface area contributed by atoms with Gasteiger partial charge in [-0.05, 0) is 56.2 Å². The van der Waals surface area contributed by atoms with Gasteiger partial charge < -0.3 is 15.0 Å². The van der Waals surface area contributed by atoms with Gasteiger partial charge in [-0.15, -0.1) is 0 Å². The van der Waals surface area contributed by atoms with Gasteiger partial charge >= 0.3 is 5.97 Å². The Morgan fingerprint density at radius 3 is 2.82 bits per heavy atom. The van der Waals surface area contributed by atoms with Gasteiger partial charge in [0.25, 0.3) is 0 Å². The Morgan fingerprint density at radius 1 is 1.25 bits per heavy atom. The quantitative estimate of drug-likeness (QED) is 0.469. The summed E-state index contributed by atoms with van der Waals surface area (Å²) >= 11 is 1.30. The Labute approximate surface area is 167 Å². The molecule has 0 aliphatic carbocycles. The fourth-order valence-electron chi connectivity index (χ4n) is 2.65. The van der Waals surface area contributed by atoms with Crippen LogP contribution in [0.25, 0.3) is 22.4 Å². The van der Waals surface area contributed by atoms with Gasteiger partial charge in [-0.3, -0.25) is 9.59 Å². The minimum Gasteiger partial charge on any atom is -0.465 e. The number of pyridine rings is 1. The number of ether oxygens (including phenoxy) is 1. The zero-order chi connectivity index (χ0) is 20.1. The molecule has 7 nitrogen and oxygen atoms in total. The molecule has 0 saturated carbocycles. The van der Waals surface area contributed by atoms with E-state index in [1.54, 1.807) is 13.1 Å². The standard InChI is InChI=1S/C20H22N4O3S/c1-4-27-18(26)10-22-17(25)11-28-20-14(6-5-7-21-20)19-23-15-8-12(2)13(3)9-16(15)24-19/h5-9H,4,10-11H2,1-3H3,(H,22,25)(H,23,24). The summed E-state index contributed by atoms with van der Waals surface area (Å²) in [5.41, 5.74) is 5.07. The number of nitrogens with zero attached hydrogens (tertiary/aromatic N) is 2. The molecule has 146 valence electrons. The maximum absolute atomic E-state index is 12.0. The van der Waals surface area contributed by atoms with Crippen molar-refractivity contribution in [3.8, 4) is 11.4 Å². The van der Waals surface area contributed by atoms with Crippen LogP contribution in [0.3, 0.4) is 0 Å². The highest BCUT2D eigenvalue weighted by Crippen LogP contribution is 2.29. The Morgan fingerprint density at radius 2 is 2.04 bits per heavy atom. The molecule has 0 aliphatic heterocycles. The molecule has 0 bridgehead atoms. The van der Waals surface area contributed by atoms with Crippen LogP contribution in [0.5, 0.6) is 0 Å². The van der Waals surface area contributed by atoms with E-state index in [2.05, 4.69) is 46.2 Å². The Balaban J connectivity index is 1.73. The molecule has 2 aromatic heterocycles. The number of esters is 1. The van der Waals surface area contributed by atoms with E-state index in [1.807, 2.05) is 12.1 Å². The number of nitrogens with one attached hydrogen (secondary N) is 2. The molecule has 3 aromatic rings. The molecule has 2 N–H and O–H groups in total. The number of rotatable bonds is 7. The van der Waals surface area contributed by atoms with E-state index in [-0.39, 0.29) is 24.8 Å². The van der Waals surface area contributed by atoms with Gasteiger partial charge in [0.15, 0.2) is 0 Å². The molecule has 0 spiro atoms. The van der Waals surface area contributed by atoms with E-state index in [1.165, 1.54) is 22.9 Å². The average molecular weight is 398 g/mol. The number of benzene rings is 1. The normalized spacial score (nSPS) is 10.8. The molecule has 0 aliphatic rings. The van der Waals surface area contributed by atoms with Gasteiger partial charge in [-0.25, -0.2) is 9.97 Å². The van der Waals surface area contributed by atoms with E-state index < -0.39 is 5.97 Å². The van der Waals surface area contributed by atoms with Crippen LogP contribution in [0, 0.1) is 13.8 Å². The first-order chi connectivity index (χ1) is 13.5. The van der Waals surface area contributed by atoms with Crippen molar-refractivity contribution in [2.45, 2.75) is 25.8 Å². The maximum Gasteiger partial charge on any atom is 0.325 e. The van der Waals surface area contributed by atoms with Gasteiger partial charge in [-0.1, -0.05) is 11.8 Å². The molecule has 0 saturated heterocycles. The largest absolute Gasteiger partial charge is 0.465 e. The first-order valence-corrected chi connectivity index (χ1v) is 9.94. The zero-order valence-corrected chi connectivity index (χ0v) is 16.9. The van der Waals surface area contributed by atoms with Crippen LogP contribution in [0.1, 0.15) is 18.1 Å². The number of carbonyl (C=O) groups is 2. The molecule has 0 atom stereocenters. The first-order valence-electron chi connectivity index (χ1n) is 8.95. The highest BCUT2D eigenvalue weighted by molar-refractivity contribution is 8.00. The van der Waals surface area contributed by atoms with E-state index in [0.29, 0.717) is 10.9 Å². The lowest BCUT2D eigenvalue weighted by atomic mass is 10.1. The highest BCUT2D eigenvalue weighted by Gasteiger charge is 2.14. The summed E-state index contributed by atoms with van der Waals surface area (Å²) in [5.74, 6) is 0.141. The molecule has 1 aromatic carbocycles. The van der Waals surface area contributed by atoms with Gasteiger partial charge in [-0.2, -0.15) is 0 Å². The summed E-state index contributed by atoms with van der Waals surface area (Å²) in [6.07, 6.45) is 1.68. The van der Waals surface area contributed by atoms with Crippen molar-refractivity contribution >= 4 is 34.7 Å². The summed E-state index contributed by atoms with van der Waals surface area (Å²) in [5, 5.41) is 3.24. The lowest BCUT2D eigenvalue weighted by Gasteiger charge is -2.07. The van der Waals surface area contributed by atoms with Crippen molar-refractivity contribution in [2.75, 3.05) is 18.9 Å². The average Bonchev–Trinajstić information content (AvgIpc) is 3.08. The van der Waals surface area contributed by atoms with Crippen LogP contribution in [0.4, 0.5) is 0 Å². The molecule has 0 fully saturated rings. The van der Waals surface area contributed by atoms with Crippen LogP contribution >= 0.6 is 11.8 Å². The molecule has 3 rings (SSSR count). The van der Waals surface area contributed by atoms with Crippen molar-refractivity contribution in [1.29, 1.82) is 0 Å². The fourth-order valence-corrected chi connectivity index (χ4v) is 3.48. The lowest BCUT2D eigenvalue weighted by molar-refractivity contribution is -0.143. The predicted molar refractivity (Wildman–Crippen MR) is 109 cm³/mol. The number of hydrogen-bond donors (Lipinski definition) is 2. The topological polar surface area (TPSA) is 97.0 Å². The fraction of sp³-hybridized carbons (Fsp3) is 0.300. The molecule has 8 heteroatoms. The number of aryl methyl sites for hydroxylation is 2. The number of amides is 1. The highest BCUT2D eigenvalue weighted by atomic mass is 32.2. The monoisotopic (exact) mass is 398 g/mol. The van der Waals surface area contributed by atoms with Crippen LogP contribution in [0.15, 0.2) is 35.5 Å². The molecular weight excluding hydrogens is 376 g/mol. The number of fused-ring (bicyclic) bond motifs is 1. The molecule has 1 amide bonds. The number of hydrogen-bond acceptors (Lipinski definition) is 6. The minimum absolute atomic E-state index is 0.134. The summed E-state index contributed by atoms with van der Waals surface area (Å²) in [4.78, 5) is 35.7. The summed E-state index contributed by atoms with van der Waals surface area (Å²) < 4.78 is 4.79. The van der Waals surface area contributed by atoms with Gasteiger partial charge in [0.2, 0.25) is 5.91 Å². The number of aromatic nitrogens is 3. The number of imidazole rings is 1. The molecular formula is C20H22N4O3S. The molecule has 0 radical (unpaired) electrons. The Bertz CT molecular complexity index is 977. The van der Waals surface area contributed by atoms with E-state index >= 15 is 0 Å². The zero-order valence-electron chi connectivity index (χ0n) is 16.0. The second-order valence-corrected chi connectivity index (χ2v) is 7.23. The molecule has 2 heterocycles. The van der Waals surface area contributed by atoms with Crippen molar-refractivity contribution in [3.05, 3.63) is 41.6 Å². The van der Waals surface area contributed by atoms with Crippen molar-refractivity contribution in [1.82, 2.24) is 20.3 Å². The van der Waals surface area contributed by atoms with E-state index in [0.717, 1.165) is 16.6 Å². The summed E-state index contributed by atoms with van der Waals surface area (Å²) in [6, 6.07) is 7.89. The Kier molecular flexibility index (Phi) is 6.30. The van der Waals surface area contributed by atoms with Crippen molar-refractivity contribution < 1.29 is 14.3 Å². The molecule has 0 unspecified atom stereocenters. The van der Waals surface area contributed by atoms with Crippen LogP contribution in [-0.2, 0) is 14.3 Å². The Hall–Kier alpha value is -2.87. The predicted octanol–water partition coefficient (Wildman–Crippen LogP) is 3.01. The van der Waals surface area contributed by atoms with Crippen LogP contribution < -0.4 is 5.32 Å². The van der Waals surface area contributed by atoms with Gasteiger partial charge in [0.05, 0.1) is 23.4 Å². The third-order valence-corrected chi connectivity index (χ3v) is 5.20. The van der Waals surface area contributed by atoms with Crippen LogP contribution in [-0.4, -0.2) is 45.7 Å². The number of aromatic amines is 1. The van der Waals surface area contributed by atoms with E-state index in [4.69, 9.17) is 4.74 Å². The van der Waals surface area contributed by atoms with Gasteiger partial charge in [0, 0.05) is 11.8 Å². The van der Waals surface area contributed by atoms with Crippen molar-refractivity contribution in [2.24, 2.45) is 0 Å². The second kappa shape index (κ2) is 8.88. The van der Waals surface area contributed by atoms with Crippen LogP contribution in [0.2, 0.25) is 0 Å². The third-order valence-electron chi connectivity index (χ3n) is 4.20. The smallest absolute Gasteiger partial charge is 0.325 e. The van der Waals surface area contributed by atoms with Gasteiger partial charge in [0.1, 0.15) is 17.4 Å². The number of carbonyl (C=O) groups excluding carboxylic acids is 2. The number of H-pyrrole nitrogens is 1. The second-order valence-electron chi connectivity index (χ2n) is 6.27. The lowest BCUT2D eigenvalue weighted by Crippen LogP contribution is -2.31. The summed E-state index contributed by atoms with van der Waals surface area (Å²) in [6.45, 7) is 6.00. The first kappa shape index (κ1) is 19.9. The summed E-state index contributed by atoms with van der Waals surface area (Å²) in [7, 11) is 0. The number of thioether (sulfide) groups is 1.